The SMILES string of the molecule is COc1ccc(NC(=O)[C@H](N)C(C)(C)C)cc1F. The fourth-order valence-corrected chi connectivity index (χ4v) is 1.36. The average Bonchev–Trinajstić information content (AvgIpc) is 2.27. The molecule has 1 atom stereocenters. The van der Waals surface area contributed by atoms with Crippen molar-refractivity contribution in [3.05, 3.63) is 24.0 Å². The molecule has 0 aliphatic heterocycles. The van der Waals surface area contributed by atoms with Gasteiger partial charge in [0.1, 0.15) is 0 Å². The van der Waals surface area contributed by atoms with E-state index in [1.54, 1.807) is 6.07 Å². The van der Waals surface area contributed by atoms with Crippen molar-refractivity contribution in [1.82, 2.24) is 0 Å². The van der Waals surface area contributed by atoms with Crippen molar-refractivity contribution >= 4 is 11.6 Å². The molecule has 1 aromatic rings. The van der Waals surface area contributed by atoms with Crippen LogP contribution in [0.5, 0.6) is 5.75 Å². The molecule has 3 N–H and O–H groups in total. The molecule has 0 aliphatic carbocycles. The molecule has 1 rings (SSSR count). The van der Waals surface area contributed by atoms with Gasteiger partial charge in [-0.15, -0.1) is 0 Å². The summed E-state index contributed by atoms with van der Waals surface area (Å²) in [5.41, 5.74) is 5.81. The summed E-state index contributed by atoms with van der Waals surface area (Å²) in [7, 11) is 1.38. The molecule has 1 aromatic carbocycles. The lowest BCUT2D eigenvalue weighted by Crippen LogP contribution is -2.45. The first-order chi connectivity index (χ1) is 8.25. The smallest absolute Gasteiger partial charge is 0.241 e. The predicted molar refractivity (Wildman–Crippen MR) is 69.0 cm³/mol. The van der Waals surface area contributed by atoms with Crippen molar-refractivity contribution in [3.8, 4) is 5.75 Å². The fraction of sp³-hybridized carbons (Fsp3) is 0.462. The van der Waals surface area contributed by atoms with Gasteiger partial charge in [0, 0.05) is 11.8 Å². The van der Waals surface area contributed by atoms with Gasteiger partial charge >= 0.3 is 0 Å². The number of hydrogen-bond donors (Lipinski definition) is 2. The number of hydrogen-bond acceptors (Lipinski definition) is 3. The van der Waals surface area contributed by atoms with Crippen molar-refractivity contribution < 1.29 is 13.9 Å². The van der Waals surface area contributed by atoms with Crippen LogP contribution in [0.25, 0.3) is 0 Å². The van der Waals surface area contributed by atoms with Crippen LogP contribution in [0.3, 0.4) is 0 Å². The summed E-state index contributed by atoms with van der Waals surface area (Å²) in [4.78, 5) is 11.8. The van der Waals surface area contributed by atoms with E-state index in [4.69, 9.17) is 10.5 Å². The number of ether oxygens (including phenoxy) is 1. The topological polar surface area (TPSA) is 64.3 Å². The molecule has 1 amide bonds. The van der Waals surface area contributed by atoms with Crippen LogP contribution in [0.15, 0.2) is 18.2 Å². The molecular formula is C13H19FN2O2. The van der Waals surface area contributed by atoms with E-state index >= 15 is 0 Å². The molecule has 18 heavy (non-hydrogen) atoms. The van der Waals surface area contributed by atoms with E-state index in [1.807, 2.05) is 20.8 Å². The van der Waals surface area contributed by atoms with Gasteiger partial charge in [-0.1, -0.05) is 20.8 Å². The molecule has 0 saturated heterocycles. The van der Waals surface area contributed by atoms with E-state index in [0.717, 1.165) is 0 Å². The van der Waals surface area contributed by atoms with Crippen molar-refractivity contribution in [2.24, 2.45) is 11.1 Å². The Morgan fingerprint density at radius 3 is 2.50 bits per heavy atom. The highest BCUT2D eigenvalue weighted by atomic mass is 19.1. The van der Waals surface area contributed by atoms with E-state index in [0.29, 0.717) is 5.69 Å². The van der Waals surface area contributed by atoms with E-state index in [9.17, 15) is 9.18 Å². The van der Waals surface area contributed by atoms with Crippen molar-refractivity contribution in [3.63, 3.8) is 0 Å². The summed E-state index contributed by atoms with van der Waals surface area (Å²) < 4.78 is 18.2. The molecule has 100 valence electrons. The van der Waals surface area contributed by atoms with Gasteiger partial charge in [-0.2, -0.15) is 0 Å². The van der Waals surface area contributed by atoms with Gasteiger partial charge in [-0.25, -0.2) is 4.39 Å². The largest absolute Gasteiger partial charge is 0.494 e. The number of methoxy groups -OCH3 is 1. The zero-order chi connectivity index (χ0) is 13.9. The van der Waals surface area contributed by atoms with Gasteiger partial charge < -0.3 is 15.8 Å². The van der Waals surface area contributed by atoms with Crippen LogP contribution < -0.4 is 15.8 Å². The maximum absolute atomic E-state index is 13.4. The lowest BCUT2D eigenvalue weighted by Gasteiger charge is -2.25. The highest BCUT2D eigenvalue weighted by Gasteiger charge is 2.27. The highest BCUT2D eigenvalue weighted by molar-refractivity contribution is 5.95. The number of nitrogens with two attached hydrogens (primary N) is 1. The summed E-state index contributed by atoms with van der Waals surface area (Å²) in [6, 6.07) is 3.55. The molecule has 0 saturated carbocycles. The van der Waals surface area contributed by atoms with Crippen LogP contribution >= 0.6 is 0 Å². The van der Waals surface area contributed by atoms with Crippen LogP contribution in [-0.2, 0) is 4.79 Å². The lowest BCUT2D eigenvalue weighted by atomic mass is 9.87. The van der Waals surface area contributed by atoms with Gasteiger partial charge in [0.15, 0.2) is 11.6 Å². The van der Waals surface area contributed by atoms with Gasteiger partial charge in [0.2, 0.25) is 5.91 Å². The number of amides is 1. The normalized spacial score (nSPS) is 13.0. The first-order valence-corrected chi connectivity index (χ1v) is 5.65. The second-order valence-electron chi connectivity index (χ2n) is 5.18. The summed E-state index contributed by atoms with van der Waals surface area (Å²) in [5, 5.41) is 2.58. The number of carbonyl (C=O) groups excluding carboxylic acids is 1. The number of nitrogens with one attached hydrogen (secondary N) is 1. The van der Waals surface area contributed by atoms with E-state index in [1.165, 1.54) is 19.2 Å². The molecular weight excluding hydrogens is 235 g/mol. The third-order valence-electron chi connectivity index (χ3n) is 2.63. The van der Waals surface area contributed by atoms with Gasteiger partial charge in [-0.3, -0.25) is 4.79 Å². The summed E-state index contributed by atoms with van der Waals surface area (Å²) >= 11 is 0. The lowest BCUT2D eigenvalue weighted by molar-refractivity contribution is -0.119. The first kappa shape index (κ1) is 14.4. The number of rotatable bonds is 3. The molecule has 0 fully saturated rings. The molecule has 0 aliphatic rings. The Morgan fingerprint density at radius 2 is 2.06 bits per heavy atom. The van der Waals surface area contributed by atoms with Crippen LogP contribution in [0, 0.1) is 11.2 Å². The fourth-order valence-electron chi connectivity index (χ4n) is 1.36. The zero-order valence-corrected chi connectivity index (χ0v) is 11.1. The molecule has 0 spiro atoms. The number of carbonyl (C=O) groups is 1. The van der Waals surface area contributed by atoms with Gasteiger partial charge in [-0.05, 0) is 17.5 Å². The van der Waals surface area contributed by atoms with Gasteiger partial charge in [0.25, 0.3) is 0 Å². The van der Waals surface area contributed by atoms with Crippen molar-refractivity contribution in [2.75, 3.05) is 12.4 Å². The van der Waals surface area contributed by atoms with Crippen molar-refractivity contribution in [1.29, 1.82) is 0 Å². The molecule has 0 radical (unpaired) electrons. The third-order valence-corrected chi connectivity index (χ3v) is 2.63. The van der Waals surface area contributed by atoms with E-state index < -0.39 is 11.9 Å². The number of benzene rings is 1. The summed E-state index contributed by atoms with van der Waals surface area (Å²) in [5.74, 6) is -0.736. The molecule has 0 bridgehead atoms. The van der Waals surface area contributed by atoms with Crippen LogP contribution in [0.4, 0.5) is 10.1 Å². The minimum absolute atomic E-state index is 0.133. The Morgan fingerprint density at radius 1 is 1.44 bits per heavy atom. The van der Waals surface area contributed by atoms with Crippen LogP contribution in [0.1, 0.15) is 20.8 Å². The minimum Gasteiger partial charge on any atom is -0.494 e. The second kappa shape index (κ2) is 5.35. The van der Waals surface area contributed by atoms with Crippen LogP contribution in [-0.4, -0.2) is 19.1 Å². The minimum atomic E-state index is -0.664. The molecule has 0 aromatic heterocycles. The summed E-state index contributed by atoms with van der Waals surface area (Å²) in [6.07, 6.45) is 0. The molecule has 0 unspecified atom stereocenters. The third kappa shape index (κ3) is 3.43. The zero-order valence-electron chi connectivity index (χ0n) is 11.1. The number of anilines is 1. The Hall–Kier alpha value is -1.62. The predicted octanol–water partition coefficient (Wildman–Crippen LogP) is 2.15. The molecule has 5 heteroatoms. The highest BCUT2D eigenvalue weighted by Crippen LogP contribution is 2.22. The van der Waals surface area contributed by atoms with E-state index in [-0.39, 0.29) is 17.1 Å². The van der Waals surface area contributed by atoms with Gasteiger partial charge in [0.05, 0.1) is 13.2 Å². The monoisotopic (exact) mass is 254 g/mol. The standard InChI is InChI=1S/C13H19FN2O2/c1-13(2,3)11(15)12(17)16-8-5-6-10(18-4)9(14)7-8/h5-7,11H,15H2,1-4H3,(H,16,17)/t11-/m0/s1. The quantitative estimate of drug-likeness (QED) is 0.868. The molecule has 4 nitrogen and oxygen atoms in total. The molecule has 0 heterocycles. The van der Waals surface area contributed by atoms with Crippen molar-refractivity contribution in [2.45, 2.75) is 26.8 Å². The first-order valence-electron chi connectivity index (χ1n) is 5.65. The maximum Gasteiger partial charge on any atom is 0.241 e. The van der Waals surface area contributed by atoms with E-state index in [2.05, 4.69) is 5.32 Å². The Kier molecular flexibility index (Phi) is 4.29. The Bertz CT molecular complexity index is 441. The second-order valence-corrected chi connectivity index (χ2v) is 5.18. The average molecular weight is 254 g/mol. The van der Waals surface area contributed by atoms with Crippen LogP contribution in [0.2, 0.25) is 0 Å². The maximum atomic E-state index is 13.4. The Balaban J connectivity index is 2.80. The summed E-state index contributed by atoms with van der Waals surface area (Å²) in [6.45, 7) is 5.60. The Labute approximate surface area is 106 Å². The number of halogens is 1.